The molecule has 0 aliphatic rings. The third-order valence-electron chi connectivity index (χ3n) is 3.01. The van der Waals surface area contributed by atoms with E-state index in [9.17, 15) is 4.79 Å². The van der Waals surface area contributed by atoms with Crippen molar-refractivity contribution >= 4 is 17.3 Å². The Hall–Kier alpha value is -1.59. The smallest absolute Gasteiger partial charge is 0.371 e. The number of carboxylic acids is 1. The van der Waals surface area contributed by atoms with E-state index in [1.807, 2.05) is 13.0 Å². The van der Waals surface area contributed by atoms with E-state index in [0.29, 0.717) is 5.76 Å². The van der Waals surface area contributed by atoms with Gasteiger partial charge in [-0.25, -0.2) is 4.79 Å². The topological polar surface area (TPSA) is 62.5 Å². The van der Waals surface area contributed by atoms with Crippen molar-refractivity contribution in [2.45, 2.75) is 32.4 Å². The number of hydrogen-bond donors (Lipinski definition) is 2. The first-order chi connectivity index (χ1) is 9.11. The molecule has 0 bridgehead atoms. The number of hydrogen-bond acceptors (Lipinski definition) is 4. The van der Waals surface area contributed by atoms with Gasteiger partial charge in [-0.3, -0.25) is 5.32 Å². The molecule has 0 radical (unpaired) electrons. The predicted octanol–water partition coefficient (Wildman–Crippen LogP) is 3.84. The molecule has 0 saturated carbocycles. The summed E-state index contributed by atoms with van der Waals surface area (Å²) >= 11 is 1.72. The van der Waals surface area contributed by atoms with E-state index in [1.165, 1.54) is 10.9 Å². The van der Waals surface area contributed by atoms with Gasteiger partial charge in [0.1, 0.15) is 5.76 Å². The summed E-state index contributed by atoms with van der Waals surface area (Å²) in [4.78, 5) is 12.1. The van der Waals surface area contributed by atoms with Crippen LogP contribution in [-0.4, -0.2) is 11.1 Å². The minimum absolute atomic E-state index is 0.0205. The molecule has 102 valence electrons. The monoisotopic (exact) mass is 279 g/mol. The lowest BCUT2D eigenvalue weighted by molar-refractivity contribution is 0.0659. The van der Waals surface area contributed by atoms with Crippen LogP contribution in [-0.2, 0) is 0 Å². The summed E-state index contributed by atoms with van der Waals surface area (Å²) in [7, 11) is 0. The summed E-state index contributed by atoms with van der Waals surface area (Å²) in [6, 6.07) is 7.56. The van der Waals surface area contributed by atoms with Gasteiger partial charge in [-0.2, -0.15) is 0 Å². The molecular formula is C14H17NO3S. The second-order valence-corrected chi connectivity index (χ2v) is 5.35. The summed E-state index contributed by atoms with van der Waals surface area (Å²) in [5, 5.41) is 14.4. The van der Waals surface area contributed by atoms with Crippen molar-refractivity contribution in [3.63, 3.8) is 0 Å². The summed E-state index contributed by atoms with van der Waals surface area (Å²) < 4.78 is 5.31. The van der Waals surface area contributed by atoms with Crippen LogP contribution in [0.25, 0.3) is 0 Å². The van der Waals surface area contributed by atoms with Crippen LogP contribution in [0.2, 0.25) is 0 Å². The van der Waals surface area contributed by atoms with Gasteiger partial charge in [-0.1, -0.05) is 13.0 Å². The maximum atomic E-state index is 10.8. The number of nitrogens with one attached hydrogen (secondary N) is 1. The van der Waals surface area contributed by atoms with Gasteiger partial charge in [0.2, 0.25) is 5.76 Å². The zero-order valence-corrected chi connectivity index (χ0v) is 11.7. The second-order valence-electron chi connectivity index (χ2n) is 4.37. The molecule has 2 atom stereocenters. The van der Waals surface area contributed by atoms with E-state index < -0.39 is 5.97 Å². The van der Waals surface area contributed by atoms with Crippen molar-refractivity contribution in [2.24, 2.45) is 0 Å². The average molecular weight is 279 g/mol. The molecule has 2 aromatic rings. The quantitative estimate of drug-likeness (QED) is 0.843. The highest BCUT2D eigenvalue weighted by Gasteiger charge is 2.18. The zero-order valence-electron chi connectivity index (χ0n) is 10.9. The number of thiophene rings is 1. The number of aromatic carboxylic acids is 1. The Labute approximate surface area is 116 Å². The number of rotatable bonds is 6. The van der Waals surface area contributed by atoms with Crippen LogP contribution >= 0.6 is 11.3 Å². The van der Waals surface area contributed by atoms with E-state index in [2.05, 4.69) is 23.7 Å². The molecule has 2 heterocycles. The lowest BCUT2D eigenvalue weighted by atomic mass is 10.1. The number of carbonyl (C=O) groups is 1. The first-order valence-corrected chi connectivity index (χ1v) is 7.12. The summed E-state index contributed by atoms with van der Waals surface area (Å²) in [6.07, 6.45) is 0.970. The second kappa shape index (κ2) is 6.04. The fourth-order valence-electron chi connectivity index (χ4n) is 1.98. The van der Waals surface area contributed by atoms with E-state index in [4.69, 9.17) is 9.52 Å². The molecule has 0 saturated heterocycles. The van der Waals surface area contributed by atoms with E-state index in [1.54, 1.807) is 17.4 Å². The molecule has 0 aliphatic heterocycles. The van der Waals surface area contributed by atoms with Gasteiger partial charge in [0, 0.05) is 10.9 Å². The van der Waals surface area contributed by atoms with E-state index in [-0.39, 0.29) is 17.8 Å². The number of furan rings is 1. The van der Waals surface area contributed by atoms with Gasteiger partial charge in [-0.15, -0.1) is 11.3 Å². The van der Waals surface area contributed by atoms with Gasteiger partial charge in [0.05, 0.1) is 6.04 Å². The Balaban J connectivity index is 2.06. The fourth-order valence-corrected chi connectivity index (χ4v) is 2.85. The average Bonchev–Trinajstić information content (AvgIpc) is 3.05. The lowest BCUT2D eigenvalue weighted by Gasteiger charge is -2.19. The highest BCUT2D eigenvalue weighted by atomic mass is 32.1. The largest absolute Gasteiger partial charge is 0.475 e. The minimum Gasteiger partial charge on any atom is -0.475 e. The van der Waals surface area contributed by atoms with Crippen molar-refractivity contribution in [1.29, 1.82) is 0 Å². The molecule has 4 nitrogen and oxygen atoms in total. The molecule has 0 amide bonds. The highest BCUT2D eigenvalue weighted by Crippen LogP contribution is 2.26. The molecule has 19 heavy (non-hydrogen) atoms. The molecule has 2 aromatic heterocycles. The maximum Gasteiger partial charge on any atom is 0.371 e. The van der Waals surface area contributed by atoms with E-state index in [0.717, 1.165) is 6.42 Å². The maximum absolute atomic E-state index is 10.8. The normalized spacial score (nSPS) is 14.2. The third-order valence-corrected chi connectivity index (χ3v) is 4.00. The van der Waals surface area contributed by atoms with Gasteiger partial charge < -0.3 is 9.52 Å². The Kier molecular flexibility index (Phi) is 4.39. The molecule has 0 aliphatic carbocycles. The predicted molar refractivity (Wildman–Crippen MR) is 74.6 cm³/mol. The molecule has 2 unspecified atom stereocenters. The van der Waals surface area contributed by atoms with Crippen molar-refractivity contribution in [3.05, 3.63) is 46.0 Å². The summed E-state index contributed by atoms with van der Waals surface area (Å²) in [5.41, 5.74) is 0. The van der Waals surface area contributed by atoms with Gasteiger partial charge in [0.25, 0.3) is 0 Å². The van der Waals surface area contributed by atoms with Crippen LogP contribution < -0.4 is 5.32 Å². The van der Waals surface area contributed by atoms with Gasteiger partial charge in [0.15, 0.2) is 0 Å². The molecular weight excluding hydrogens is 262 g/mol. The van der Waals surface area contributed by atoms with Gasteiger partial charge in [-0.05, 0) is 36.9 Å². The molecule has 2 N–H and O–H groups in total. The van der Waals surface area contributed by atoms with E-state index >= 15 is 0 Å². The van der Waals surface area contributed by atoms with Crippen molar-refractivity contribution in [1.82, 2.24) is 5.32 Å². The first-order valence-electron chi connectivity index (χ1n) is 6.24. The Morgan fingerprint density at radius 3 is 2.79 bits per heavy atom. The summed E-state index contributed by atoms with van der Waals surface area (Å²) in [5.74, 6) is -0.413. The molecule has 0 spiro atoms. The van der Waals surface area contributed by atoms with Crippen LogP contribution in [0.1, 0.15) is 53.5 Å². The Bertz CT molecular complexity index is 533. The highest BCUT2D eigenvalue weighted by molar-refractivity contribution is 7.10. The van der Waals surface area contributed by atoms with Crippen molar-refractivity contribution in [3.8, 4) is 0 Å². The summed E-state index contributed by atoms with van der Waals surface area (Å²) in [6.45, 7) is 4.09. The van der Waals surface area contributed by atoms with Crippen LogP contribution in [0.15, 0.2) is 34.1 Å². The molecule has 5 heteroatoms. The van der Waals surface area contributed by atoms with Crippen LogP contribution in [0, 0.1) is 0 Å². The zero-order chi connectivity index (χ0) is 13.8. The van der Waals surface area contributed by atoms with Crippen LogP contribution in [0.5, 0.6) is 0 Å². The molecule has 2 rings (SSSR count). The fraction of sp³-hybridized carbons (Fsp3) is 0.357. The van der Waals surface area contributed by atoms with Gasteiger partial charge >= 0.3 is 5.97 Å². The minimum atomic E-state index is -1.04. The first kappa shape index (κ1) is 13.8. The van der Waals surface area contributed by atoms with Crippen LogP contribution in [0.4, 0.5) is 0 Å². The number of carboxylic acid groups (broad SMARTS) is 1. The molecule has 0 aromatic carbocycles. The lowest BCUT2D eigenvalue weighted by Crippen LogP contribution is -2.23. The third kappa shape index (κ3) is 3.24. The van der Waals surface area contributed by atoms with Crippen molar-refractivity contribution in [2.75, 3.05) is 0 Å². The van der Waals surface area contributed by atoms with Crippen molar-refractivity contribution < 1.29 is 14.3 Å². The Morgan fingerprint density at radius 2 is 2.26 bits per heavy atom. The standard InChI is InChI=1S/C14H17NO3S/c1-3-10(13-5-4-8-19-13)15-9(2)11-6-7-12(18-11)14(16)17/h4-10,15H,3H2,1-2H3,(H,16,17). The SMILES string of the molecule is CCC(NC(C)c1ccc(C(=O)O)o1)c1cccs1. The molecule has 0 fully saturated rings. The Morgan fingerprint density at radius 1 is 1.47 bits per heavy atom. The van der Waals surface area contributed by atoms with Crippen LogP contribution in [0.3, 0.4) is 0 Å².